The Labute approximate surface area is 93.3 Å². The number of hydrogen-bond acceptors (Lipinski definition) is 3. The maximum atomic E-state index is 13.1. The minimum Gasteiger partial charge on any atom is -0.507 e. The van der Waals surface area contributed by atoms with Crippen molar-refractivity contribution in [2.45, 2.75) is 0 Å². The highest BCUT2D eigenvalue weighted by atomic mass is 19.2. The van der Waals surface area contributed by atoms with E-state index in [2.05, 4.69) is 14.0 Å². The topological polar surface area (TPSA) is 27.7 Å². The fraction of sp³-hybridized carbons (Fsp3) is 0.250. The van der Waals surface area contributed by atoms with Crippen LogP contribution in [0.3, 0.4) is 0 Å². The molecule has 17 heavy (non-hydrogen) atoms. The van der Waals surface area contributed by atoms with Gasteiger partial charge in [0.25, 0.3) is 0 Å². The van der Waals surface area contributed by atoms with Crippen molar-refractivity contribution >= 4 is 7.32 Å². The van der Waals surface area contributed by atoms with E-state index in [0.29, 0.717) is 0 Å². The normalized spacial score (nSPS) is 10.5. The highest BCUT2D eigenvalue weighted by molar-refractivity contribution is 6.37. The summed E-state index contributed by atoms with van der Waals surface area (Å²) in [6.45, 7) is 0. The van der Waals surface area contributed by atoms with Gasteiger partial charge in [0.05, 0.1) is 0 Å². The molecule has 0 N–H and O–H groups in total. The molecule has 0 bridgehead atoms. The van der Waals surface area contributed by atoms with Gasteiger partial charge in [0.1, 0.15) is 0 Å². The quantitative estimate of drug-likeness (QED) is 0.357. The minimum atomic E-state index is -2.27. The van der Waals surface area contributed by atoms with E-state index in [4.69, 9.17) is 0 Å². The van der Waals surface area contributed by atoms with Gasteiger partial charge in [-0.1, -0.05) is 0 Å². The molecule has 0 amide bonds. The Morgan fingerprint density at radius 1 is 0.706 bits per heavy atom. The van der Waals surface area contributed by atoms with Crippen molar-refractivity contribution in [2.75, 3.05) is 14.2 Å². The van der Waals surface area contributed by atoms with E-state index in [1.165, 1.54) is 0 Å². The summed E-state index contributed by atoms with van der Waals surface area (Å²) in [4.78, 5) is 0. The number of rotatable bonds is 4. The predicted octanol–water partition coefficient (Wildman–Crippen LogP) is 2.04. The van der Waals surface area contributed by atoms with Gasteiger partial charge in [-0.15, -0.1) is 0 Å². The molecule has 94 valence electrons. The maximum absolute atomic E-state index is 13.1. The van der Waals surface area contributed by atoms with Gasteiger partial charge in [0.15, 0.2) is 5.75 Å². The molecule has 0 aliphatic carbocycles. The van der Waals surface area contributed by atoms with Gasteiger partial charge >= 0.3 is 7.32 Å². The lowest BCUT2D eigenvalue weighted by Crippen LogP contribution is -2.28. The predicted molar refractivity (Wildman–Crippen MR) is 46.6 cm³/mol. The second-order valence-corrected chi connectivity index (χ2v) is 2.78. The first-order chi connectivity index (χ1) is 7.93. The van der Waals surface area contributed by atoms with Crippen molar-refractivity contribution in [1.29, 1.82) is 0 Å². The van der Waals surface area contributed by atoms with Gasteiger partial charge in [-0.2, -0.15) is 8.78 Å². The Kier molecular flexibility index (Phi) is 4.30. The molecule has 0 aliphatic rings. The summed E-state index contributed by atoms with van der Waals surface area (Å²) in [6.07, 6.45) is 0. The third-order valence-corrected chi connectivity index (χ3v) is 1.77. The molecule has 3 nitrogen and oxygen atoms in total. The molecule has 0 heterocycles. The summed E-state index contributed by atoms with van der Waals surface area (Å²) in [5, 5.41) is 0. The minimum absolute atomic E-state index is 1.06. The molecule has 0 unspecified atom stereocenters. The van der Waals surface area contributed by atoms with E-state index in [0.717, 1.165) is 14.2 Å². The average Bonchev–Trinajstić information content (AvgIpc) is 2.34. The first kappa shape index (κ1) is 13.7. The zero-order valence-electron chi connectivity index (χ0n) is 8.69. The average molecular weight is 256 g/mol. The van der Waals surface area contributed by atoms with Crippen LogP contribution in [0.4, 0.5) is 22.0 Å². The smallest absolute Gasteiger partial charge is 0.507 e. The third-order valence-electron chi connectivity index (χ3n) is 1.77. The largest absolute Gasteiger partial charge is 0.712 e. The lowest BCUT2D eigenvalue weighted by Gasteiger charge is -2.13. The molecule has 9 heteroatoms. The molecule has 1 aromatic carbocycles. The van der Waals surface area contributed by atoms with Crippen LogP contribution < -0.4 is 4.65 Å². The van der Waals surface area contributed by atoms with Gasteiger partial charge < -0.3 is 14.0 Å². The zero-order chi connectivity index (χ0) is 13.2. The van der Waals surface area contributed by atoms with Gasteiger partial charge in [-0.05, 0) is 0 Å². The first-order valence-corrected chi connectivity index (χ1v) is 4.17. The van der Waals surface area contributed by atoms with Crippen molar-refractivity contribution < 1.29 is 35.9 Å². The molecule has 0 spiro atoms. The summed E-state index contributed by atoms with van der Waals surface area (Å²) in [5.74, 6) is -12.1. The first-order valence-electron chi connectivity index (χ1n) is 4.17. The van der Waals surface area contributed by atoms with Crippen LogP contribution in [-0.2, 0) is 9.31 Å². The van der Waals surface area contributed by atoms with Crippen LogP contribution in [0.2, 0.25) is 0 Å². The summed E-state index contributed by atoms with van der Waals surface area (Å²) in [6, 6.07) is 0. The Morgan fingerprint density at radius 2 is 1.06 bits per heavy atom. The second kappa shape index (κ2) is 5.32. The van der Waals surface area contributed by atoms with E-state index < -0.39 is 42.2 Å². The van der Waals surface area contributed by atoms with E-state index in [-0.39, 0.29) is 0 Å². The molecular formula is C8H6BF5O3. The van der Waals surface area contributed by atoms with Crippen LogP contribution in [-0.4, -0.2) is 21.5 Å². The van der Waals surface area contributed by atoms with Crippen molar-refractivity contribution in [3.63, 3.8) is 0 Å². The molecule has 0 fully saturated rings. The standard InChI is InChI=1S/C8H6BF5O3/c1-15-9(16-2)17-8-6(13)4(11)3(10)5(12)7(8)14/h1-2H3. The summed E-state index contributed by atoms with van der Waals surface area (Å²) in [7, 11) is 0.517. The van der Waals surface area contributed by atoms with Crippen molar-refractivity contribution in [1.82, 2.24) is 0 Å². The van der Waals surface area contributed by atoms with Crippen LogP contribution in [0.1, 0.15) is 0 Å². The molecular weight excluding hydrogens is 250 g/mol. The van der Waals surface area contributed by atoms with E-state index in [1.54, 1.807) is 0 Å². The highest BCUT2D eigenvalue weighted by Gasteiger charge is 2.31. The van der Waals surface area contributed by atoms with Gasteiger partial charge in [0.2, 0.25) is 29.1 Å². The molecule has 0 aromatic heterocycles. The van der Waals surface area contributed by atoms with Gasteiger partial charge in [0, 0.05) is 14.2 Å². The maximum Gasteiger partial charge on any atom is 0.712 e. The fourth-order valence-corrected chi connectivity index (χ4v) is 0.977. The van der Waals surface area contributed by atoms with E-state index >= 15 is 0 Å². The van der Waals surface area contributed by atoms with Crippen molar-refractivity contribution in [3.8, 4) is 5.75 Å². The van der Waals surface area contributed by atoms with Crippen LogP contribution in [0.5, 0.6) is 5.75 Å². The molecule has 0 saturated heterocycles. The Hall–Kier alpha value is -1.35. The molecule has 0 atom stereocenters. The lowest BCUT2D eigenvalue weighted by atomic mass is 10.2. The second-order valence-electron chi connectivity index (χ2n) is 2.78. The van der Waals surface area contributed by atoms with Crippen LogP contribution >= 0.6 is 0 Å². The number of hydrogen-bond donors (Lipinski definition) is 0. The summed E-state index contributed by atoms with van der Waals surface area (Å²) < 4.78 is 77.5. The molecule has 1 rings (SSSR count). The SMILES string of the molecule is COB(OC)Oc1c(F)c(F)c(F)c(F)c1F. The Morgan fingerprint density at radius 3 is 1.41 bits per heavy atom. The monoisotopic (exact) mass is 256 g/mol. The number of halogens is 5. The zero-order valence-corrected chi connectivity index (χ0v) is 8.69. The molecule has 0 radical (unpaired) electrons. The van der Waals surface area contributed by atoms with Crippen LogP contribution in [0, 0.1) is 29.1 Å². The van der Waals surface area contributed by atoms with Gasteiger partial charge in [-0.25, -0.2) is 13.2 Å². The van der Waals surface area contributed by atoms with E-state index in [9.17, 15) is 22.0 Å². The number of benzene rings is 1. The van der Waals surface area contributed by atoms with Crippen molar-refractivity contribution in [3.05, 3.63) is 29.1 Å². The Balaban J connectivity index is 3.24. The van der Waals surface area contributed by atoms with Crippen LogP contribution in [0.15, 0.2) is 0 Å². The third kappa shape index (κ3) is 2.50. The molecule has 0 saturated carbocycles. The fourth-order valence-electron chi connectivity index (χ4n) is 0.977. The summed E-state index contributed by atoms with van der Waals surface area (Å²) >= 11 is 0. The van der Waals surface area contributed by atoms with E-state index in [1.807, 2.05) is 0 Å². The lowest BCUT2D eigenvalue weighted by molar-refractivity contribution is 0.192. The summed E-state index contributed by atoms with van der Waals surface area (Å²) in [5.41, 5.74) is 0. The molecule has 0 aliphatic heterocycles. The highest BCUT2D eigenvalue weighted by Crippen LogP contribution is 2.29. The van der Waals surface area contributed by atoms with Gasteiger partial charge in [-0.3, -0.25) is 0 Å². The van der Waals surface area contributed by atoms with Crippen LogP contribution in [0.25, 0.3) is 0 Å². The Bertz CT molecular complexity index is 395. The van der Waals surface area contributed by atoms with Crippen molar-refractivity contribution in [2.24, 2.45) is 0 Å². The molecule has 1 aromatic rings.